The van der Waals surface area contributed by atoms with Crippen molar-refractivity contribution in [3.8, 4) is 0 Å². The first-order valence-electron chi connectivity index (χ1n) is 7.63. The second-order valence-corrected chi connectivity index (χ2v) is 7.59. The van der Waals surface area contributed by atoms with E-state index < -0.39 is 34.4 Å². The molecular formula is C16H19F2N3O3S. The van der Waals surface area contributed by atoms with Crippen LogP contribution in [0.3, 0.4) is 0 Å². The second-order valence-electron chi connectivity index (χ2n) is 6.14. The molecular weight excluding hydrogens is 352 g/mol. The van der Waals surface area contributed by atoms with Gasteiger partial charge in [0.25, 0.3) is 5.91 Å². The maximum atomic E-state index is 13.5. The molecule has 0 bridgehead atoms. The SMILES string of the molecule is CC(SCCN1C(=O)NC(C)(C)C1=O)C(=O)Nc1cc(F)ccc1F. The van der Waals surface area contributed by atoms with Gasteiger partial charge in [0.15, 0.2) is 0 Å². The van der Waals surface area contributed by atoms with E-state index in [1.54, 1.807) is 20.8 Å². The van der Waals surface area contributed by atoms with Gasteiger partial charge in [0, 0.05) is 18.4 Å². The lowest BCUT2D eigenvalue weighted by atomic mass is 10.1. The van der Waals surface area contributed by atoms with Gasteiger partial charge in [-0.05, 0) is 32.9 Å². The minimum atomic E-state index is -0.931. The molecule has 0 spiro atoms. The predicted molar refractivity (Wildman–Crippen MR) is 91.2 cm³/mol. The number of anilines is 1. The Morgan fingerprint density at radius 1 is 1.36 bits per heavy atom. The Hall–Kier alpha value is -2.16. The number of benzene rings is 1. The third-order valence-electron chi connectivity index (χ3n) is 3.68. The summed E-state index contributed by atoms with van der Waals surface area (Å²) in [5.74, 6) is -1.86. The molecule has 4 amide bonds. The molecule has 1 unspecified atom stereocenters. The van der Waals surface area contributed by atoms with Crippen LogP contribution in [-0.4, -0.2) is 45.8 Å². The van der Waals surface area contributed by atoms with Crippen LogP contribution in [0.5, 0.6) is 0 Å². The van der Waals surface area contributed by atoms with Crippen LogP contribution in [0.25, 0.3) is 0 Å². The van der Waals surface area contributed by atoms with E-state index >= 15 is 0 Å². The van der Waals surface area contributed by atoms with E-state index in [1.165, 1.54) is 11.8 Å². The zero-order valence-corrected chi connectivity index (χ0v) is 14.9. The lowest BCUT2D eigenvalue weighted by Crippen LogP contribution is -2.40. The van der Waals surface area contributed by atoms with Crippen molar-refractivity contribution in [1.29, 1.82) is 0 Å². The van der Waals surface area contributed by atoms with E-state index in [0.717, 1.165) is 23.1 Å². The topological polar surface area (TPSA) is 78.5 Å². The van der Waals surface area contributed by atoms with Crippen molar-refractivity contribution >= 4 is 35.3 Å². The van der Waals surface area contributed by atoms with Gasteiger partial charge >= 0.3 is 6.03 Å². The third-order valence-corrected chi connectivity index (χ3v) is 4.82. The van der Waals surface area contributed by atoms with Gasteiger partial charge in [-0.1, -0.05) is 0 Å². The molecule has 6 nitrogen and oxygen atoms in total. The molecule has 1 fully saturated rings. The number of imide groups is 1. The zero-order valence-electron chi connectivity index (χ0n) is 14.1. The number of halogens is 2. The van der Waals surface area contributed by atoms with Crippen molar-refractivity contribution in [2.75, 3.05) is 17.6 Å². The molecule has 1 atom stereocenters. The van der Waals surface area contributed by atoms with Crippen LogP contribution in [0, 0.1) is 11.6 Å². The fourth-order valence-electron chi connectivity index (χ4n) is 2.25. The third kappa shape index (κ3) is 4.47. The molecule has 1 aliphatic heterocycles. The predicted octanol–water partition coefficient (Wildman–Crippen LogP) is 2.36. The number of urea groups is 1. The molecule has 2 N–H and O–H groups in total. The van der Waals surface area contributed by atoms with Crippen LogP contribution >= 0.6 is 11.8 Å². The summed E-state index contributed by atoms with van der Waals surface area (Å²) >= 11 is 1.20. The maximum Gasteiger partial charge on any atom is 0.325 e. The molecule has 1 aliphatic rings. The Morgan fingerprint density at radius 3 is 2.64 bits per heavy atom. The molecule has 0 aromatic heterocycles. The number of carbonyl (C=O) groups excluding carboxylic acids is 3. The summed E-state index contributed by atoms with van der Waals surface area (Å²) in [7, 11) is 0. The molecule has 0 saturated carbocycles. The molecule has 9 heteroatoms. The fraction of sp³-hybridized carbons (Fsp3) is 0.438. The first kappa shape index (κ1) is 19.2. The standard InChI is InChI=1S/C16H19F2N3O3S/c1-9(13(22)19-12-8-10(17)4-5-11(12)18)25-7-6-21-14(23)16(2,3)20-15(21)24/h4-5,8-9H,6-7H2,1-3H3,(H,19,22)(H,20,24). The molecule has 2 rings (SSSR count). The van der Waals surface area contributed by atoms with Gasteiger partial charge in [-0.25, -0.2) is 13.6 Å². The van der Waals surface area contributed by atoms with Gasteiger partial charge in [0.05, 0.1) is 10.9 Å². The minimum absolute atomic E-state index is 0.157. The Morgan fingerprint density at radius 2 is 2.04 bits per heavy atom. The van der Waals surface area contributed by atoms with Gasteiger partial charge in [0.2, 0.25) is 5.91 Å². The average Bonchev–Trinajstić information content (AvgIpc) is 2.72. The summed E-state index contributed by atoms with van der Waals surface area (Å²) in [5.41, 5.74) is -1.16. The van der Waals surface area contributed by atoms with Crippen molar-refractivity contribution in [2.24, 2.45) is 0 Å². The molecule has 1 aromatic carbocycles. The minimum Gasteiger partial charge on any atom is -0.324 e. The van der Waals surface area contributed by atoms with Crippen molar-refractivity contribution in [2.45, 2.75) is 31.6 Å². The monoisotopic (exact) mass is 371 g/mol. The van der Waals surface area contributed by atoms with Gasteiger partial charge in [0.1, 0.15) is 17.2 Å². The average molecular weight is 371 g/mol. The highest BCUT2D eigenvalue weighted by molar-refractivity contribution is 8.00. The lowest BCUT2D eigenvalue weighted by Gasteiger charge is -2.17. The van der Waals surface area contributed by atoms with Crippen LogP contribution in [0.2, 0.25) is 0 Å². The van der Waals surface area contributed by atoms with Crippen molar-refractivity contribution in [1.82, 2.24) is 10.2 Å². The number of hydrogen-bond donors (Lipinski definition) is 2. The summed E-state index contributed by atoms with van der Waals surface area (Å²) in [6, 6.07) is 2.33. The van der Waals surface area contributed by atoms with Crippen LogP contribution in [0.15, 0.2) is 18.2 Å². The largest absolute Gasteiger partial charge is 0.325 e. The Balaban J connectivity index is 1.85. The second kappa shape index (κ2) is 7.38. The maximum absolute atomic E-state index is 13.5. The zero-order chi connectivity index (χ0) is 18.8. The first-order valence-corrected chi connectivity index (χ1v) is 8.68. The normalized spacial score (nSPS) is 17.4. The molecule has 136 valence electrons. The highest BCUT2D eigenvalue weighted by Gasteiger charge is 2.43. The van der Waals surface area contributed by atoms with Gasteiger partial charge in [-0.3, -0.25) is 14.5 Å². The molecule has 0 radical (unpaired) electrons. The smallest absolute Gasteiger partial charge is 0.324 e. The summed E-state index contributed by atoms with van der Waals surface area (Å²) in [6.45, 7) is 4.99. The molecule has 1 aromatic rings. The van der Waals surface area contributed by atoms with Gasteiger partial charge in [-0.2, -0.15) is 0 Å². The Kier molecular flexibility index (Phi) is 5.66. The van der Waals surface area contributed by atoms with Crippen LogP contribution in [0.1, 0.15) is 20.8 Å². The molecule has 0 aliphatic carbocycles. The number of amides is 4. The van der Waals surface area contributed by atoms with E-state index in [-0.39, 0.29) is 18.1 Å². The molecule has 1 heterocycles. The van der Waals surface area contributed by atoms with Crippen molar-refractivity contribution < 1.29 is 23.2 Å². The first-order chi connectivity index (χ1) is 11.6. The highest BCUT2D eigenvalue weighted by Crippen LogP contribution is 2.20. The highest BCUT2D eigenvalue weighted by atomic mass is 32.2. The molecule has 1 saturated heterocycles. The number of thioether (sulfide) groups is 1. The summed E-state index contributed by atoms with van der Waals surface area (Å²) < 4.78 is 26.6. The number of rotatable bonds is 6. The van der Waals surface area contributed by atoms with Crippen molar-refractivity contribution in [3.05, 3.63) is 29.8 Å². The molecule has 25 heavy (non-hydrogen) atoms. The van der Waals surface area contributed by atoms with Gasteiger partial charge < -0.3 is 10.6 Å². The van der Waals surface area contributed by atoms with Crippen molar-refractivity contribution in [3.63, 3.8) is 0 Å². The van der Waals surface area contributed by atoms with Gasteiger partial charge in [-0.15, -0.1) is 11.8 Å². The summed E-state index contributed by atoms with van der Waals surface area (Å²) in [4.78, 5) is 36.9. The summed E-state index contributed by atoms with van der Waals surface area (Å²) in [5, 5.41) is 4.32. The van der Waals surface area contributed by atoms with E-state index in [4.69, 9.17) is 0 Å². The van der Waals surface area contributed by atoms with Crippen LogP contribution in [-0.2, 0) is 9.59 Å². The van der Waals surface area contributed by atoms with Crippen LogP contribution < -0.4 is 10.6 Å². The van der Waals surface area contributed by atoms with E-state index in [0.29, 0.717) is 5.75 Å². The van der Waals surface area contributed by atoms with E-state index in [9.17, 15) is 23.2 Å². The number of hydrogen-bond acceptors (Lipinski definition) is 4. The number of nitrogens with zero attached hydrogens (tertiary/aromatic N) is 1. The quantitative estimate of drug-likeness (QED) is 0.753. The number of nitrogens with one attached hydrogen (secondary N) is 2. The van der Waals surface area contributed by atoms with Crippen LogP contribution in [0.4, 0.5) is 19.3 Å². The number of carbonyl (C=O) groups is 3. The summed E-state index contributed by atoms with van der Waals surface area (Å²) in [6.07, 6.45) is 0. The Bertz CT molecular complexity index is 712. The van der Waals surface area contributed by atoms with E-state index in [2.05, 4.69) is 10.6 Å². The van der Waals surface area contributed by atoms with E-state index in [1.807, 2.05) is 0 Å². The fourth-order valence-corrected chi connectivity index (χ4v) is 3.10. The lowest BCUT2D eigenvalue weighted by molar-refractivity contribution is -0.130. The Labute approximate surface area is 148 Å².